The highest BCUT2D eigenvalue weighted by Crippen LogP contribution is 2.33. The van der Waals surface area contributed by atoms with Gasteiger partial charge in [0.25, 0.3) is 0 Å². The Bertz CT molecular complexity index is 574. The number of nitrogens with one attached hydrogen (secondary N) is 1. The molecule has 0 spiro atoms. The SMILES string of the molecule is CNC(=O)C1CN(CC(C)(C)c2ccc(OC)c(OC)c2)CCO1. The van der Waals surface area contributed by atoms with Gasteiger partial charge in [0, 0.05) is 32.1 Å². The minimum atomic E-state index is -0.398. The number of morpholine rings is 1. The monoisotopic (exact) mass is 336 g/mol. The van der Waals surface area contributed by atoms with Crippen LogP contribution >= 0.6 is 0 Å². The first-order chi connectivity index (χ1) is 11.4. The summed E-state index contributed by atoms with van der Waals surface area (Å²) in [6, 6.07) is 6.02. The summed E-state index contributed by atoms with van der Waals surface area (Å²) in [6.45, 7) is 7.22. The van der Waals surface area contributed by atoms with Crippen LogP contribution in [0.3, 0.4) is 0 Å². The summed E-state index contributed by atoms with van der Waals surface area (Å²) >= 11 is 0. The molecule has 0 radical (unpaired) electrons. The summed E-state index contributed by atoms with van der Waals surface area (Å²) in [4.78, 5) is 14.1. The van der Waals surface area contributed by atoms with Gasteiger partial charge in [0.1, 0.15) is 6.10 Å². The second-order valence-electron chi connectivity index (χ2n) is 6.66. The molecule has 1 aliphatic rings. The summed E-state index contributed by atoms with van der Waals surface area (Å²) in [5.74, 6) is 1.39. The van der Waals surface area contributed by atoms with Crippen LogP contribution < -0.4 is 14.8 Å². The van der Waals surface area contributed by atoms with Gasteiger partial charge >= 0.3 is 0 Å². The Hall–Kier alpha value is -1.79. The third-order valence-electron chi connectivity index (χ3n) is 4.47. The molecule has 6 heteroatoms. The molecule has 1 unspecified atom stereocenters. The van der Waals surface area contributed by atoms with Crippen molar-refractivity contribution >= 4 is 5.91 Å². The predicted molar refractivity (Wildman–Crippen MR) is 92.8 cm³/mol. The lowest BCUT2D eigenvalue weighted by atomic mass is 9.83. The summed E-state index contributed by atoms with van der Waals surface area (Å²) in [5, 5.41) is 2.66. The summed E-state index contributed by atoms with van der Waals surface area (Å²) in [6.07, 6.45) is -0.398. The van der Waals surface area contributed by atoms with Gasteiger partial charge in [-0.2, -0.15) is 0 Å². The Morgan fingerprint density at radius 3 is 2.67 bits per heavy atom. The average Bonchev–Trinajstić information content (AvgIpc) is 2.60. The highest BCUT2D eigenvalue weighted by Gasteiger charge is 2.31. The quantitative estimate of drug-likeness (QED) is 0.852. The Morgan fingerprint density at radius 2 is 2.04 bits per heavy atom. The van der Waals surface area contributed by atoms with Crippen LogP contribution in [0.25, 0.3) is 0 Å². The molecule has 0 saturated carbocycles. The summed E-state index contributed by atoms with van der Waals surface area (Å²) < 4.78 is 16.3. The maximum atomic E-state index is 11.8. The van der Waals surface area contributed by atoms with Crippen LogP contribution in [0.4, 0.5) is 0 Å². The normalized spacial score (nSPS) is 19.0. The third-order valence-corrected chi connectivity index (χ3v) is 4.47. The lowest BCUT2D eigenvalue weighted by Crippen LogP contribution is -2.51. The van der Waals surface area contributed by atoms with E-state index in [4.69, 9.17) is 14.2 Å². The van der Waals surface area contributed by atoms with E-state index < -0.39 is 6.10 Å². The fraction of sp³-hybridized carbons (Fsp3) is 0.611. The van der Waals surface area contributed by atoms with Crippen molar-refractivity contribution in [3.63, 3.8) is 0 Å². The van der Waals surface area contributed by atoms with E-state index in [-0.39, 0.29) is 11.3 Å². The van der Waals surface area contributed by atoms with Gasteiger partial charge in [-0.05, 0) is 17.7 Å². The van der Waals surface area contributed by atoms with E-state index in [0.29, 0.717) is 13.2 Å². The average molecular weight is 336 g/mol. The Morgan fingerprint density at radius 1 is 1.33 bits per heavy atom. The van der Waals surface area contributed by atoms with Crippen LogP contribution in [0.2, 0.25) is 0 Å². The standard InChI is InChI=1S/C18H28N2O4/c1-18(2,13-6-7-14(22-4)15(10-13)23-5)12-20-8-9-24-16(11-20)17(21)19-3/h6-7,10,16H,8-9,11-12H2,1-5H3,(H,19,21). The topological polar surface area (TPSA) is 60.0 Å². The highest BCUT2D eigenvalue weighted by molar-refractivity contribution is 5.80. The number of ether oxygens (including phenoxy) is 3. The van der Waals surface area contributed by atoms with E-state index >= 15 is 0 Å². The number of benzene rings is 1. The van der Waals surface area contributed by atoms with Crippen molar-refractivity contribution in [2.45, 2.75) is 25.4 Å². The van der Waals surface area contributed by atoms with E-state index in [0.717, 1.165) is 24.6 Å². The molecule has 1 aliphatic heterocycles. The zero-order chi connectivity index (χ0) is 17.7. The van der Waals surface area contributed by atoms with Crippen LogP contribution in [-0.4, -0.2) is 64.4 Å². The lowest BCUT2D eigenvalue weighted by Gasteiger charge is -2.37. The van der Waals surface area contributed by atoms with Gasteiger partial charge < -0.3 is 19.5 Å². The van der Waals surface area contributed by atoms with Crippen molar-refractivity contribution in [3.8, 4) is 11.5 Å². The predicted octanol–water partition coefficient (Wildman–Crippen LogP) is 1.43. The summed E-state index contributed by atoms with van der Waals surface area (Å²) in [5.41, 5.74) is 1.08. The van der Waals surface area contributed by atoms with Gasteiger partial charge in [0.2, 0.25) is 5.91 Å². The van der Waals surface area contributed by atoms with E-state index in [1.165, 1.54) is 5.56 Å². The van der Waals surface area contributed by atoms with Crippen molar-refractivity contribution in [3.05, 3.63) is 23.8 Å². The maximum Gasteiger partial charge on any atom is 0.250 e. The molecule has 2 rings (SSSR count). The van der Waals surface area contributed by atoms with Gasteiger partial charge in [-0.1, -0.05) is 19.9 Å². The molecular weight excluding hydrogens is 308 g/mol. The summed E-state index contributed by atoms with van der Waals surface area (Å²) in [7, 11) is 4.91. The lowest BCUT2D eigenvalue weighted by molar-refractivity contribution is -0.138. The number of carbonyl (C=O) groups is 1. The Labute approximate surface area is 144 Å². The molecule has 6 nitrogen and oxygen atoms in total. The molecule has 24 heavy (non-hydrogen) atoms. The molecule has 1 aromatic carbocycles. The van der Waals surface area contributed by atoms with Crippen molar-refractivity contribution in [2.75, 3.05) is 47.5 Å². The van der Waals surface area contributed by atoms with Gasteiger partial charge in [0.05, 0.1) is 20.8 Å². The van der Waals surface area contributed by atoms with Crippen molar-refractivity contribution in [1.29, 1.82) is 0 Å². The fourth-order valence-electron chi connectivity index (χ4n) is 3.07. The van der Waals surface area contributed by atoms with Crippen LogP contribution in [-0.2, 0) is 14.9 Å². The molecule has 1 aromatic rings. The molecule has 1 fully saturated rings. The molecule has 1 atom stereocenters. The Kier molecular flexibility index (Phi) is 6.07. The third kappa shape index (κ3) is 4.19. The molecule has 1 N–H and O–H groups in total. The van der Waals surface area contributed by atoms with Crippen LogP contribution in [0.1, 0.15) is 19.4 Å². The van der Waals surface area contributed by atoms with E-state index in [1.54, 1.807) is 21.3 Å². The number of hydrogen-bond acceptors (Lipinski definition) is 5. The van der Waals surface area contributed by atoms with Crippen LogP contribution in [0, 0.1) is 0 Å². The number of nitrogens with zero attached hydrogens (tertiary/aromatic N) is 1. The van der Waals surface area contributed by atoms with Gasteiger partial charge in [-0.3, -0.25) is 9.69 Å². The Balaban J connectivity index is 2.11. The van der Waals surface area contributed by atoms with Crippen molar-refractivity contribution < 1.29 is 19.0 Å². The molecule has 134 valence electrons. The molecule has 1 heterocycles. The van der Waals surface area contributed by atoms with E-state index in [1.807, 2.05) is 12.1 Å². The van der Waals surface area contributed by atoms with E-state index in [2.05, 4.69) is 30.1 Å². The first kappa shape index (κ1) is 18.5. The second kappa shape index (κ2) is 7.85. The second-order valence-corrected chi connectivity index (χ2v) is 6.66. The number of amides is 1. The molecular formula is C18H28N2O4. The minimum absolute atomic E-state index is 0.0661. The molecule has 0 bridgehead atoms. The zero-order valence-electron chi connectivity index (χ0n) is 15.2. The molecule has 0 aromatic heterocycles. The number of hydrogen-bond donors (Lipinski definition) is 1. The molecule has 0 aliphatic carbocycles. The molecule has 1 saturated heterocycles. The first-order valence-corrected chi connectivity index (χ1v) is 8.19. The van der Waals surface area contributed by atoms with Crippen LogP contribution in [0.15, 0.2) is 18.2 Å². The van der Waals surface area contributed by atoms with Gasteiger partial charge in [0.15, 0.2) is 11.5 Å². The fourth-order valence-corrected chi connectivity index (χ4v) is 3.07. The maximum absolute atomic E-state index is 11.8. The largest absolute Gasteiger partial charge is 0.493 e. The van der Waals surface area contributed by atoms with E-state index in [9.17, 15) is 4.79 Å². The number of methoxy groups -OCH3 is 2. The molecule has 1 amide bonds. The number of rotatable bonds is 6. The first-order valence-electron chi connectivity index (χ1n) is 8.19. The highest BCUT2D eigenvalue weighted by atomic mass is 16.5. The smallest absolute Gasteiger partial charge is 0.250 e. The minimum Gasteiger partial charge on any atom is -0.493 e. The number of carbonyl (C=O) groups excluding carboxylic acids is 1. The van der Waals surface area contributed by atoms with Crippen molar-refractivity contribution in [2.24, 2.45) is 0 Å². The zero-order valence-corrected chi connectivity index (χ0v) is 15.2. The van der Waals surface area contributed by atoms with Crippen LogP contribution in [0.5, 0.6) is 11.5 Å². The van der Waals surface area contributed by atoms with Gasteiger partial charge in [-0.25, -0.2) is 0 Å². The van der Waals surface area contributed by atoms with Gasteiger partial charge in [-0.15, -0.1) is 0 Å². The van der Waals surface area contributed by atoms with Crippen molar-refractivity contribution in [1.82, 2.24) is 10.2 Å². The number of likely N-dealkylation sites (N-methyl/N-ethyl adjacent to an activating group) is 1.